The first-order valence-corrected chi connectivity index (χ1v) is 13.2. The van der Waals surface area contributed by atoms with Crippen molar-refractivity contribution in [2.75, 3.05) is 0 Å². The summed E-state index contributed by atoms with van der Waals surface area (Å²) in [7, 11) is -0.682. The summed E-state index contributed by atoms with van der Waals surface area (Å²) in [6, 6.07) is 6.35. The van der Waals surface area contributed by atoms with Crippen LogP contribution in [-0.2, 0) is 25.3 Å². The third kappa shape index (κ3) is 5.56. The molecule has 9 heteroatoms. The quantitative estimate of drug-likeness (QED) is 0.520. The van der Waals surface area contributed by atoms with Gasteiger partial charge in [0.25, 0.3) is 0 Å². The number of hydrogen-bond donors (Lipinski definition) is 0. The summed E-state index contributed by atoms with van der Waals surface area (Å²) in [6.07, 6.45) is 2.10. The van der Waals surface area contributed by atoms with E-state index in [2.05, 4.69) is 6.07 Å². The second-order valence-corrected chi connectivity index (χ2v) is 12.7. The molecule has 1 aromatic carbocycles. The number of ketones is 1. The van der Waals surface area contributed by atoms with Crippen molar-refractivity contribution in [2.24, 2.45) is 11.8 Å². The van der Waals surface area contributed by atoms with E-state index in [1.165, 1.54) is 6.07 Å². The number of halogens is 1. The van der Waals surface area contributed by atoms with Crippen molar-refractivity contribution in [3.63, 3.8) is 0 Å². The first kappa shape index (κ1) is 27.6. The molecule has 37 heavy (non-hydrogen) atoms. The van der Waals surface area contributed by atoms with Crippen molar-refractivity contribution < 1.29 is 28.0 Å². The van der Waals surface area contributed by atoms with Gasteiger partial charge in [0.1, 0.15) is 11.4 Å². The lowest BCUT2D eigenvalue weighted by Crippen LogP contribution is -2.51. The minimum atomic E-state index is -0.704. The SMILES string of the molecule is CC(C)(C)OC(=O)N1[C@@H]2CC[C@@H](C2)[C@H]1C(=O)C[C@H](C#N)Cc1ccc(B2OC(C)(C)C(C)(C)O2)cc1F. The predicted molar refractivity (Wildman–Crippen MR) is 138 cm³/mol. The van der Waals surface area contributed by atoms with Gasteiger partial charge in [0.15, 0.2) is 5.78 Å². The lowest BCUT2D eigenvalue weighted by molar-refractivity contribution is -0.126. The number of Topliss-reactive ketones (excluding diaryl/α,β-unsaturated/α-hetero) is 1. The molecule has 2 aliphatic heterocycles. The molecule has 0 unspecified atom stereocenters. The predicted octanol–water partition coefficient (Wildman–Crippen LogP) is 4.55. The molecule has 1 aromatic rings. The van der Waals surface area contributed by atoms with Crippen LogP contribution in [-0.4, -0.2) is 52.8 Å². The zero-order valence-corrected chi connectivity index (χ0v) is 23.0. The fourth-order valence-electron chi connectivity index (χ4n) is 5.63. The molecule has 4 rings (SSSR count). The lowest BCUT2D eigenvalue weighted by atomic mass is 9.78. The molecule has 7 nitrogen and oxygen atoms in total. The standard InChI is InChI=1S/C28H38BFN2O5/c1-26(2,3)35-25(34)32-21-11-9-19(14-21)24(32)23(33)13-17(16-31)12-18-8-10-20(15-22(18)30)29-36-27(4,5)28(6,7)37-29/h8,10,15,17,19,21,24H,9,11-14H2,1-7H3/t17-,19+,21-,24+/m1/s1. The van der Waals surface area contributed by atoms with Gasteiger partial charge in [-0.1, -0.05) is 12.1 Å². The first-order chi connectivity index (χ1) is 17.1. The van der Waals surface area contributed by atoms with Gasteiger partial charge in [-0.2, -0.15) is 5.26 Å². The summed E-state index contributed by atoms with van der Waals surface area (Å²) in [5.41, 5.74) is -0.806. The Bertz CT molecular complexity index is 1090. The maximum Gasteiger partial charge on any atom is 0.494 e. The Morgan fingerprint density at radius 3 is 2.43 bits per heavy atom. The number of benzene rings is 1. The van der Waals surface area contributed by atoms with Crippen LogP contribution < -0.4 is 5.46 Å². The zero-order valence-electron chi connectivity index (χ0n) is 23.0. The number of fused-ring (bicyclic) bond motifs is 2. The molecule has 3 fully saturated rings. The van der Waals surface area contributed by atoms with E-state index in [4.69, 9.17) is 14.0 Å². The van der Waals surface area contributed by atoms with E-state index in [0.717, 1.165) is 19.3 Å². The minimum absolute atomic E-state index is 0.00527. The molecule has 200 valence electrons. The van der Waals surface area contributed by atoms with Crippen LogP contribution in [0.4, 0.5) is 9.18 Å². The number of likely N-dealkylation sites (tertiary alicyclic amines) is 1. The van der Waals surface area contributed by atoms with Gasteiger partial charge in [0.2, 0.25) is 0 Å². The van der Waals surface area contributed by atoms with Gasteiger partial charge in [-0.25, -0.2) is 9.18 Å². The molecular weight excluding hydrogens is 474 g/mol. The number of piperidine rings is 1. The third-order valence-electron chi connectivity index (χ3n) is 8.22. The fraction of sp³-hybridized carbons (Fsp3) is 0.679. The molecule has 2 saturated heterocycles. The lowest BCUT2D eigenvalue weighted by Gasteiger charge is -2.35. The van der Waals surface area contributed by atoms with Crippen molar-refractivity contribution in [1.82, 2.24) is 4.90 Å². The molecule has 2 bridgehead atoms. The number of ether oxygens (including phenoxy) is 1. The molecule has 0 aromatic heterocycles. The van der Waals surface area contributed by atoms with Crippen LogP contribution in [0.1, 0.15) is 79.7 Å². The second kappa shape index (κ2) is 9.70. The first-order valence-electron chi connectivity index (χ1n) is 13.2. The van der Waals surface area contributed by atoms with Crippen LogP contribution in [0.15, 0.2) is 18.2 Å². The van der Waals surface area contributed by atoms with E-state index in [0.29, 0.717) is 11.0 Å². The van der Waals surface area contributed by atoms with Crippen LogP contribution in [0.25, 0.3) is 0 Å². The van der Waals surface area contributed by atoms with Gasteiger partial charge in [0.05, 0.1) is 29.2 Å². The molecule has 1 amide bonds. The Hall–Kier alpha value is -2.44. The maximum atomic E-state index is 15.1. The Labute approximate surface area is 219 Å². The van der Waals surface area contributed by atoms with E-state index in [9.17, 15) is 14.9 Å². The fourth-order valence-corrected chi connectivity index (χ4v) is 5.63. The molecular formula is C28H38BFN2O5. The summed E-state index contributed by atoms with van der Waals surface area (Å²) in [4.78, 5) is 27.9. The molecule has 2 heterocycles. The molecule has 3 aliphatic rings. The molecule has 0 spiro atoms. The van der Waals surface area contributed by atoms with Gasteiger partial charge < -0.3 is 14.0 Å². The van der Waals surface area contributed by atoms with Crippen molar-refractivity contribution in [3.05, 3.63) is 29.6 Å². The zero-order chi connectivity index (χ0) is 27.3. The van der Waals surface area contributed by atoms with E-state index in [1.807, 2.05) is 27.7 Å². The maximum absolute atomic E-state index is 15.1. The molecule has 1 aliphatic carbocycles. The number of carbonyl (C=O) groups is 2. The summed E-state index contributed by atoms with van der Waals surface area (Å²) in [6.45, 7) is 13.1. The highest BCUT2D eigenvalue weighted by Crippen LogP contribution is 2.44. The Morgan fingerprint density at radius 2 is 1.86 bits per heavy atom. The summed E-state index contributed by atoms with van der Waals surface area (Å²) >= 11 is 0. The van der Waals surface area contributed by atoms with Crippen LogP contribution in [0.3, 0.4) is 0 Å². The topological polar surface area (TPSA) is 88.9 Å². The highest BCUT2D eigenvalue weighted by atomic mass is 19.1. The Morgan fingerprint density at radius 1 is 1.22 bits per heavy atom. The molecule has 4 atom stereocenters. The number of amides is 1. The Balaban J connectivity index is 1.43. The molecule has 0 N–H and O–H groups in total. The minimum Gasteiger partial charge on any atom is -0.444 e. The van der Waals surface area contributed by atoms with Gasteiger partial charge in [0, 0.05) is 12.5 Å². The molecule has 1 saturated carbocycles. The number of carbonyl (C=O) groups excluding carboxylic acids is 2. The van der Waals surface area contributed by atoms with Crippen LogP contribution in [0.2, 0.25) is 0 Å². The van der Waals surface area contributed by atoms with Gasteiger partial charge in [-0.3, -0.25) is 9.69 Å². The highest BCUT2D eigenvalue weighted by molar-refractivity contribution is 6.62. The number of nitriles is 1. The summed E-state index contributed by atoms with van der Waals surface area (Å²) in [5.74, 6) is -1.24. The van der Waals surface area contributed by atoms with E-state index >= 15 is 4.39 Å². The number of hydrogen-bond acceptors (Lipinski definition) is 6. The smallest absolute Gasteiger partial charge is 0.444 e. The van der Waals surface area contributed by atoms with Gasteiger partial charge in [-0.15, -0.1) is 0 Å². The van der Waals surface area contributed by atoms with Crippen LogP contribution in [0.5, 0.6) is 0 Å². The number of nitrogens with zero attached hydrogens (tertiary/aromatic N) is 2. The van der Waals surface area contributed by atoms with Crippen molar-refractivity contribution >= 4 is 24.5 Å². The third-order valence-corrected chi connectivity index (χ3v) is 8.22. The van der Waals surface area contributed by atoms with Gasteiger partial charge >= 0.3 is 13.2 Å². The second-order valence-electron chi connectivity index (χ2n) is 12.7. The van der Waals surface area contributed by atoms with Crippen molar-refractivity contribution in [1.29, 1.82) is 5.26 Å². The highest BCUT2D eigenvalue weighted by Gasteiger charge is 2.53. The van der Waals surface area contributed by atoms with Crippen LogP contribution in [0, 0.1) is 29.0 Å². The largest absolute Gasteiger partial charge is 0.494 e. The molecule has 0 radical (unpaired) electrons. The summed E-state index contributed by atoms with van der Waals surface area (Å²) in [5, 5.41) is 9.80. The Kier molecular flexibility index (Phi) is 7.24. The summed E-state index contributed by atoms with van der Waals surface area (Å²) < 4.78 is 32.7. The van der Waals surface area contributed by atoms with Crippen molar-refractivity contribution in [2.45, 2.75) is 109 Å². The normalized spacial score (nSPS) is 26.7. The van der Waals surface area contributed by atoms with E-state index in [-0.39, 0.29) is 30.6 Å². The van der Waals surface area contributed by atoms with E-state index in [1.54, 1.807) is 37.8 Å². The van der Waals surface area contributed by atoms with Gasteiger partial charge in [-0.05, 0) is 97.2 Å². The van der Waals surface area contributed by atoms with E-state index < -0.39 is 47.8 Å². The average molecular weight is 512 g/mol. The van der Waals surface area contributed by atoms with Crippen LogP contribution >= 0.6 is 0 Å². The van der Waals surface area contributed by atoms with Crippen molar-refractivity contribution in [3.8, 4) is 6.07 Å². The average Bonchev–Trinajstić information content (AvgIpc) is 3.44. The monoisotopic (exact) mass is 512 g/mol. The number of rotatable bonds is 6.